The predicted molar refractivity (Wildman–Crippen MR) is 114 cm³/mol. The molecular weight excluding hydrogens is 440 g/mol. The monoisotopic (exact) mass is 468 g/mol. The van der Waals surface area contributed by atoms with Gasteiger partial charge in [-0.05, 0) is 51.3 Å². The van der Waals surface area contributed by atoms with Crippen LogP contribution in [-0.2, 0) is 23.9 Å². The van der Waals surface area contributed by atoms with Crippen LogP contribution in [0.15, 0.2) is 30.9 Å². The highest BCUT2D eigenvalue weighted by Crippen LogP contribution is 2.33. The van der Waals surface area contributed by atoms with Gasteiger partial charge >= 0.3 is 18.0 Å². The van der Waals surface area contributed by atoms with Gasteiger partial charge in [0.1, 0.15) is 18.2 Å². The van der Waals surface area contributed by atoms with E-state index < -0.39 is 41.4 Å². The number of benzene rings is 1. The van der Waals surface area contributed by atoms with E-state index in [0.717, 1.165) is 6.08 Å². The molecule has 0 aromatic heterocycles. The maximum Gasteiger partial charge on any atom is 0.408 e. The van der Waals surface area contributed by atoms with E-state index >= 15 is 0 Å². The zero-order valence-electron chi connectivity index (χ0n) is 19.0. The summed E-state index contributed by atoms with van der Waals surface area (Å²) in [5, 5.41) is 11.7. The number of rotatable bonds is 12. The van der Waals surface area contributed by atoms with Gasteiger partial charge in [-0.15, -0.1) is 10.1 Å². The molecule has 1 N–H and O–H groups in total. The first kappa shape index (κ1) is 27.2. The van der Waals surface area contributed by atoms with Crippen LogP contribution >= 0.6 is 0 Å². The summed E-state index contributed by atoms with van der Waals surface area (Å²) >= 11 is 0. The van der Waals surface area contributed by atoms with E-state index in [4.69, 9.17) is 18.9 Å². The van der Waals surface area contributed by atoms with E-state index in [9.17, 15) is 24.5 Å². The zero-order valence-corrected chi connectivity index (χ0v) is 19.0. The van der Waals surface area contributed by atoms with Gasteiger partial charge in [0.25, 0.3) is 5.09 Å². The van der Waals surface area contributed by atoms with Crippen molar-refractivity contribution in [1.82, 2.24) is 5.32 Å². The maximum absolute atomic E-state index is 12.1. The summed E-state index contributed by atoms with van der Waals surface area (Å²) in [5.74, 6) is -1.21. The van der Waals surface area contributed by atoms with Crippen LogP contribution < -0.4 is 14.8 Å². The Bertz CT molecular complexity index is 863. The Labute approximate surface area is 190 Å². The number of ether oxygens (including phenoxy) is 4. The molecule has 1 rings (SSSR count). The van der Waals surface area contributed by atoms with Gasteiger partial charge in [0.05, 0.1) is 13.7 Å². The number of nitrogens with zero attached hydrogens (tertiary/aromatic N) is 1. The number of hydrogen-bond acceptors (Lipinski definition) is 10. The van der Waals surface area contributed by atoms with Gasteiger partial charge < -0.3 is 29.1 Å². The lowest BCUT2D eigenvalue weighted by molar-refractivity contribution is -0.757. The summed E-state index contributed by atoms with van der Waals surface area (Å²) in [7, 11) is 1.35. The molecule has 1 unspecified atom stereocenters. The Balaban J connectivity index is 2.86. The Morgan fingerprint density at radius 2 is 1.94 bits per heavy atom. The van der Waals surface area contributed by atoms with Gasteiger partial charge in [-0.1, -0.05) is 12.6 Å². The van der Waals surface area contributed by atoms with Gasteiger partial charge in [-0.2, -0.15) is 0 Å². The average molecular weight is 468 g/mol. The lowest BCUT2D eigenvalue weighted by atomic mass is 10.0. The molecule has 0 bridgehead atoms. The summed E-state index contributed by atoms with van der Waals surface area (Å²) < 4.78 is 20.8. The lowest BCUT2D eigenvalue weighted by Crippen LogP contribution is -2.36. The number of methoxy groups -OCH3 is 1. The number of nitrogens with one attached hydrogen (secondary N) is 1. The summed E-state index contributed by atoms with van der Waals surface area (Å²) in [5.41, 5.74) is -0.219. The van der Waals surface area contributed by atoms with Crippen molar-refractivity contribution >= 4 is 18.0 Å². The molecule has 1 aromatic carbocycles. The Morgan fingerprint density at radius 1 is 1.24 bits per heavy atom. The van der Waals surface area contributed by atoms with Crippen molar-refractivity contribution in [2.75, 3.05) is 20.3 Å². The van der Waals surface area contributed by atoms with Gasteiger partial charge in [-0.25, -0.2) is 14.4 Å². The molecule has 12 heteroatoms. The van der Waals surface area contributed by atoms with E-state index in [0.29, 0.717) is 5.56 Å². The van der Waals surface area contributed by atoms with Gasteiger partial charge in [0.15, 0.2) is 11.5 Å². The number of esters is 2. The quantitative estimate of drug-likeness (QED) is 0.121. The van der Waals surface area contributed by atoms with Crippen molar-refractivity contribution in [2.24, 2.45) is 0 Å². The summed E-state index contributed by atoms with van der Waals surface area (Å²) in [6.07, 6.45) is -0.111. The average Bonchev–Trinajstić information content (AvgIpc) is 2.73. The van der Waals surface area contributed by atoms with Crippen molar-refractivity contribution in [3.63, 3.8) is 0 Å². The third kappa shape index (κ3) is 10.8. The second-order valence-corrected chi connectivity index (χ2v) is 7.57. The van der Waals surface area contributed by atoms with Crippen LogP contribution in [0, 0.1) is 10.1 Å². The molecule has 0 saturated heterocycles. The van der Waals surface area contributed by atoms with Crippen LogP contribution in [0.1, 0.15) is 45.3 Å². The molecule has 12 nitrogen and oxygen atoms in total. The topological polar surface area (TPSA) is 153 Å². The molecule has 0 spiro atoms. The molecule has 0 aliphatic heterocycles. The molecule has 1 amide bonds. The molecule has 0 saturated carbocycles. The van der Waals surface area contributed by atoms with Crippen molar-refractivity contribution in [1.29, 1.82) is 0 Å². The Hall–Kier alpha value is -3.83. The summed E-state index contributed by atoms with van der Waals surface area (Å²) in [6.45, 7) is 7.80. The normalized spacial score (nSPS) is 11.5. The minimum Gasteiger partial charge on any atom is -0.493 e. The third-order valence-electron chi connectivity index (χ3n) is 3.79. The minimum absolute atomic E-state index is 0.0720. The molecule has 33 heavy (non-hydrogen) atoms. The van der Waals surface area contributed by atoms with Crippen LogP contribution in [-0.4, -0.2) is 49.0 Å². The van der Waals surface area contributed by atoms with Crippen LogP contribution in [0.4, 0.5) is 4.79 Å². The lowest BCUT2D eigenvalue weighted by Gasteiger charge is -2.20. The predicted octanol–water partition coefficient (Wildman–Crippen LogP) is 2.88. The van der Waals surface area contributed by atoms with Crippen LogP contribution in [0.5, 0.6) is 11.5 Å². The summed E-state index contributed by atoms with van der Waals surface area (Å²) in [4.78, 5) is 50.0. The van der Waals surface area contributed by atoms with Crippen LogP contribution in [0.25, 0.3) is 0 Å². The Kier molecular flexibility index (Phi) is 10.6. The first-order valence-electron chi connectivity index (χ1n) is 9.91. The van der Waals surface area contributed by atoms with Gasteiger partial charge in [0.2, 0.25) is 0 Å². The molecule has 0 heterocycles. The standard InChI is InChI=1S/C21H28N2O10/c1-6-18(24)31-15(8-7-11-30-23(27)28)14-9-10-16(17(12-14)29-5)32-19(25)13-22-20(26)33-21(2,3)4/h6,9-10,12,15H,1,7-8,11,13H2,2-5H3,(H,22,26). The first-order chi connectivity index (χ1) is 15.4. The molecule has 0 radical (unpaired) electrons. The fraction of sp³-hybridized carbons (Fsp3) is 0.476. The third-order valence-corrected chi connectivity index (χ3v) is 3.79. The van der Waals surface area contributed by atoms with Crippen molar-refractivity contribution < 1.29 is 43.3 Å². The zero-order chi connectivity index (χ0) is 25.0. The van der Waals surface area contributed by atoms with Crippen molar-refractivity contribution in [3.8, 4) is 11.5 Å². The number of alkyl carbamates (subject to hydrolysis) is 1. The number of carbonyl (C=O) groups excluding carboxylic acids is 3. The SMILES string of the molecule is C=CC(=O)OC(CCCO[N+](=O)[O-])c1ccc(OC(=O)CNC(=O)OC(C)(C)C)c(OC)c1. The van der Waals surface area contributed by atoms with Crippen molar-refractivity contribution in [2.45, 2.75) is 45.3 Å². The molecule has 0 aliphatic carbocycles. The van der Waals surface area contributed by atoms with Gasteiger partial charge in [-0.3, -0.25) is 0 Å². The smallest absolute Gasteiger partial charge is 0.408 e. The molecule has 1 aromatic rings. The first-order valence-corrected chi connectivity index (χ1v) is 9.91. The van der Waals surface area contributed by atoms with E-state index in [2.05, 4.69) is 16.7 Å². The van der Waals surface area contributed by atoms with Crippen LogP contribution in [0.2, 0.25) is 0 Å². The molecule has 0 fully saturated rings. The number of hydrogen-bond donors (Lipinski definition) is 1. The highest BCUT2D eigenvalue weighted by atomic mass is 16.9. The number of carbonyl (C=O) groups is 3. The molecular formula is C21H28N2O10. The van der Waals surface area contributed by atoms with Gasteiger partial charge in [0, 0.05) is 6.08 Å². The van der Waals surface area contributed by atoms with E-state index in [-0.39, 0.29) is 30.9 Å². The van der Waals surface area contributed by atoms with Crippen LogP contribution in [0.3, 0.4) is 0 Å². The molecule has 1 atom stereocenters. The maximum atomic E-state index is 12.1. The van der Waals surface area contributed by atoms with Crippen molar-refractivity contribution in [3.05, 3.63) is 46.5 Å². The molecule has 182 valence electrons. The Morgan fingerprint density at radius 3 is 2.52 bits per heavy atom. The fourth-order valence-corrected chi connectivity index (χ4v) is 2.48. The van der Waals surface area contributed by atoms with E-state index in [1.54, 1.807) is 26.8 Å². The van der Waals surface area contributed by atoms with E-state index in [1.165, 1.54) is 19.2 Å². The molecule has 0 aliphatic rings. The fourth-order valence-electron chi connectivity index (χ4n) is 2.48. The highest BCUT2D eigenvalue weighted by Gasteiger charge is 2.20. The second kappa shape index (κ2) is 12.9. The minimum atomic E-state index is -0.908. The second-order valence-electron chi connectivity index (χ2n) is 7.57. The largest absolute Gasteiger partial charge is 0.493 e. The number of amides is 1. The summed E-state index contributed by atoms with van der Waals surface area (Å²) in [6, 6.07) is 4.48. The highest BCUT2D eigenvalue weighted by molar-refractivity contribution is 5.81. The van der Waals surface area contributed by atoms with E-state index in [1.807, 2.05) is 0 Å².